The van der Waals surface area contributed by atoms with Crippen LogP contribution in [0.15, 0.2) is 0 Å². The highest BCUT2D eigenvalue weighted by molar-refractivity contribution is 5.13. The molecule has 1 fully saturated rings. The minimum Gasteiger partial charge on any atom is -0.367 e. The average Bonchev–Trinajstić information content (AvgIpc) is 2.59. The predicted molar refractivity (Wildman–Crippen MR) is 37.2 cm³/mol. The van der Waals surface area contributed by atoms with Crippen LogP contribution in [0.1, 0.15) is 18.7 Å². The molecule has 0 amide bonds. The van der Waals surface area contributed by atoms with Gasteiger partial charge in [0, 0.05) is 6.42 Å². The lowest BCUT2D eigenvalue weighted by atomic mass is 10.3. The summed E-state index contributed by atoms with van der Waals surface area (Å²) in [6.07, 6.45) is 3.69. The molecule has 2 rings (SSSR count). The second-order valence-corrected chi connectivity index (χ2v) is 2.79. The monoisotopic (exact) mass is 138 g/mol. The standard InChI is InChI=1S/C6H10N4/c7-6-8-5(9-10-6)3-4-1-2-4/h4H,1-3H2,(H3,7,8,9,10). The van der Waals surface area contributed by atoms with Gasteiger partial charge in [0.25, 0.3) is 0 Å². The third-order valence-electron chi connectivity index (χ3n) is 1.73. The lowest BCUT2D eigenvalue weighted by Crippen LogP contribution is -1.90. The van der Waals surface area contributed by atoms with E-state index >= 15 is 0 Å². The van der Waals surface area contributed by atoms with Crippen LogP contribution in [0.5, 0.6) is 0 Å². The van der Waals surface area contributed by atoms with Crippen molar-refractivity contribution in [3.05, 3.63) is 5.82 Å². The van der Waals surface area contributed by atoms with Crippen molar-refractivity contribution in [3.63, 3.8) is 0 Å². The zero-order chi connectivity index (χ0) is 6.97. The fraction of sp³-hybridized carbons (Fsp3) is 0.667. The third kappa shape index (κ3) is 1.10. The average molecular weight is 138 g/mol. The van der Waals surface area contributed by atoms with Crippen LogP contribution >= 0.6 is 0 Å². The van der Waals surface area contributed by atoms with E-state index in [2.05, 4.69) is 15.2 Å². The number of anilines is 1. The molecule has 1 aromatic heterocycles. The van der Waals surface area contributed by atoms with Gasteiger partial charge in [-0.25, -0.2) is 0 Å². The molecule has 4 heteroatoms. The van der Waals surface area contributed by atoms with Gasteiger partial charge in [-0.1, -0.05) is 0 Å². The van der Waals surface area contributed by atoms with E-state index < -0.39 is 0 Å². The molecular formula is C6H10N4. The number of nitrogen functional groups attached to an aromatic ring is 1. The summed E-state index contributed by atoms with van der Waals surface area (Å²) in [5, 5.41) is 6.53. The molecule has 4 nitrogen and oxygen atoms in total. The minimum atomic E-state index is 0.357. The Labute approximate surface area is 58.8 Å². The Bertz CT molecular complexity index is 225. The van der Waals surface area contributed by atoms with E-state index in [4.69, 9.17) is 5.73 Å². The Balaban J connectivity index is 2.03. The SMILES string of the molecule is Nc1n[nH]c(CC2CC2)n1. The minimum absolute atomic E-state index is 0.357. The summed E-state index contributed by atoms with van der Waals surface area (Å²) in [5.74, 6) is 2.13. The smallest absolute Gasteiger partial charge is 0.239 e. The summed E-state index contributed by atoms with van der Waals surface area (Å²) in [7, 11) is 0. The highest BCUT2D eigenvalue weighted by Gasteiger charge is 2.22. The van der Waals surface area contributed by atoms with Crippen LogP contribution in [0, 0.1) is 5.92 Å². The Morgan fingerprint density at radius 1 is 1.60 bits per heavy atom. The first-order chi connectivity index (χ1) is 4.84. The van der Waals surface area contributed by atoms with Crippen molar-refractivity contribution in [2.45, 2.75) is 19.3 Å². The van der Waals surface area contributed by atoms with E-state index in [1.54, 1.807) is 0 Å². The maximum Gasteiger partial charge on any atom is 0.239 e. The summed E-state index contributed by atoms with van der Waals surface area (Å²) in [6.45, 7) is 0. The van der Waals surface area contributed by atoms with Crippen LogP contribution < -0.4 is 5.73 Å². The number of H-pyrrole nitrogens is 1. The predicted octanol–water partition coefficient (Wildman–Crippen LogP) is 0.339. The first kappa shape index (κ1) is 5.70. The molecule has 0 spiro atoms. The zero-order valence-electron chi connectivity index (χ0n) is 5.67. The second kappa shape index (κ2) is 1.97. The number of nitrogens with two attached hydrogens (primary N) is 1. The number of nitrogens with one attached hydrogen (secondary N) is 1. The Morgan fingerprint density at radius 3 is 2.90 bits per heavy atom. The van der Waals surface area contributed by atoms with E-state index in [0.717, 1.165) is 18.2 Å². The van der Waals surface area contributed by atoms with Gasteiger partial charge in [0.1, 0.15) is 5.82 Å². The summed E-state index contributed by atoms with van der Waals surface area (Å²) in [5.41, 5.74) is 5.32. The molecule has 0 aromatic carbocycles. The van der Waals surface area contributed by atoms with E-state index in [0.29, 0.717) is 5.95 Å². The molecule has 1 saturated carbocycles. The Hall–Kier alpha value is -1.06. The van der Waals surface area contributed by atoms with E-state index in [1.807, 2.05) is 0 Å². The van der Waals surface area contributed by atoms with Crippen LogP contribution in [0.3, 0.4) is 0 Å². The van der Waals surface area contributed by atoms with Gasteiger partial charge in [-0.2, -0.15) is 4.98 Å². The number of aromatic amines is 1. The van der Waals surface area contributed by atoms with Gasteiger partial charge in [0.15, 0.2) is 0 Å². The lowest BCUT2D eigenvalue weighted by Gasteiger charge is -1.87. The first-order valence-electron chi connectivity index (χ1n) is 3.51. The van der Waals surface area contributed by atoms with Gasteiger partial charge >= 0.3 is 0 Å². The Kier molecular flexibility index (Phi) is 1.12. The highest BCUT2D eigenvalue weighted by atomic mass is 15.3. The van der Waals surface area contributed by atoms with Crippen LogP contribution in [0.4, 0.5) is 5.95 Å². The summed E-state index contributed by atoms with van der Waals surface area (Å²) >= 11 is 0. The van der Waals surface area contributed by atoms with Gasteiger partial charge in [-0.15, -0.1) is 5.10 Å². The normalized spacial score (nSPS) is 17.6. The number of rotatable bonds is 2. The summed E-state index contributed by atoms with van der Waals surface area (Å²) < 4.78 is 0. The van der Waals surface area contributed by atoms with E-state index in [9.17, 15) is 0 Å². The number of hydrogen-bond donors (Lipinski definition) is 2. The number of hydrogen-bond acceptors (Lipinski definition) is 3. The van der Waals surface area contributed by atoms with Crippen molar-refractivity contribution in [1.82, 2.24) is 15.2 Å². The molecule has 1 heterocycles. The molecule has 0 bridgehead atoms. The van der Waals surface area contributed by atoms with E-state index in [-0.39, 0.29) is 0 Å². The van der Waals surface area contributed by atoms with Crippen molar-refractivity contribution in [3.8, 4) is 0 Å². The molecule has 1 aliphatic rings. The lowest BCUT2D eigenvalue weighted by molar-refractivity contribution is 0.774. The van der Waals surface area contributed by atoms with Gasteiger partial charge in [0.2, 0.25) is 5.95 Å². The molecule has 0 unspecified atom stereocenters. The second-order valence-electron chi connectivity index (χ2n) is 2.79. The first-order valence-corrected chi connectivity index (χ1v) is 3.51. The van der Waals surface area contributed by atoms with Crippen molar-refractivity contribution in [2.24, 2.45) is 5.92 Å². The van der Waals surface area contributed by atoms with E-state index in [1.165, 1.54) is 12.8 Å². The number of aromatic nitrogens is 3. The molecule has 54 valence electrons. The molecule has 10 heavy (non-hydrogen) atoms. The highest BCUT2D eigenvalue weighted by Crippen LogP contribution is 2.31. The van der Waals surface area contributed by atoms with Gasteiger partial charge in [0.05, 0.1) is 0 Å². The largest absolute Gasteiger partial charge is 0.367 e. The van der Waals surface area contributed by atoms with Crippen LogP contribution in [-0.2, 0) is 6.42 Å². The van der Waals surface area contributed by atoms with Gasteiger partial charge in [-0.3, -0.25) is 5.10 Å². The van der Waals surface area contributed by atoms with Crippen LogP contribution in [0.2, 0.25) is 0 Å². The van der Waals surface area contributed by atoms with Crippen molar-refractivity contribution >= 4 is 5.95 Å². The molecule has 0 atom stereocenters. The zero-order valence-corrected chi connectivity index (χ0v) is 5.67. The number of nitrogens with zero attached hydrogens (tertiary/aromatic N) is 2. The van der Waals surface area contributed by atoms with Gasteiger partial charge in [-0.05, 0) is 18.8 Å². The fourth-order valence-electron chi connectivity index (χ4n) is 0.997. The molecule has 1 aliphatic carbocycles. The molecule has 3 N–H and O–H groups in total. The fourth-order valence-corrected chi connectivity index (χ4v) is 0.997. The third-order valence-corrected chi connectivity index (χ3v) is 1.73. The van der Waals surface area contributed by atoms with Crippen LogP contribution in [0.25, 0.3) is 0 Å². The maximum absolute atomic E-state index is 5.32. The molecule has 0 saturated heterocycles. The van der Waals surface area contributed by atoms with Crippen molar-refractivity contribution in [2.75, 3.05) is 5.73 Å². The summed E-state index contributed by atoms with van der Waals surface area (Å²) in [4.78, 5) is 4.00. The molecular weight excluding hydrogens is 128 g/mol. The quantitative estimate of drug-likeness (QED) is 0.619. The summed E-state index contributed by atoms with van der Waals surface area (Å²) in [6, 6.07) is 0. The van der Waals surface area contributed by atoms with Gasteiger partial charge < -0.3 is 5.73 Å². The Morgan fingerprint density at radius 2 is 2.40 bits per heavy atom. The van der Waals surface area contributed by atoms with Crippen molar-refractivity contribution < 1.29 is 0 Å². The molecule has 1 aromatic rings. The van der Waals surface area contributed by atoms with Crippen molar-refractivity contribution in [1.29, 1.82) is 0 Å². The topological polar surface area (TPSA) is 67.6 Å². The maximum atomic E-state index is 5.32. The molecule has 0 aliphatic heterocycles. The van der Waals surface area contributed by atoms with Crippen LogP contribution in [-0.4, -0.2) is 15.2 Å². The molecule has 0 radical (unpaired) electrons.